The van der Waals surface area contributed by atoms with Crippen LogP contribution in [0.15, 0.2) is 16.6 Å². The van der Waals surface area contributed by atoms with Gasteiger partial charge in [-0.2, -0.15) is 0 Å². The van der Waals surface area contributed by atoms with Gasteiger partial charge >= 0.3 is 0 Å². The molecule has 0 spiro atoms. The average Bonchev–Trinajstić information content (AvgIpc) is 2.84. The molecular formula is C14H19BrN2OS. The molecule has 104 valence electrons. The zero-order valence-electron chi connectivity index (χ0n) is 11.3. The first-order valence-corrected chi connectivity index (χ1v) is 7.69. The molecule has 1 aromatic rings. The van der Waals surface area contributed by atoms with Crippen LogP contribution in [-0.4, -0.2) is 24.4 Å². The van der Waals surface area contributed by atoms with Gasteiger partial charge in [0.15, 0.2) is 5.11 Å². The van der Waals surface area contributed by atoms with Crippen LogP contribution in [0.5, 0.6) is 0 Å². The number of aryl methyl sites for hydroxylation is 2. The Morgan fingerprint density at radius 1 is 1.42 bits per heavy atom. The maximum absolute atomic E-state index is 5.56. The fraction of sp³-hybridized carbons (Fsp3) is 0.500. The van der Waals surface area contributed by atoms with E-state index in [0.29, 0.717) is 11.2 Å². The van der Waals surface area contributed by atoms with Crippen LogP contribution in [-0.2, 0) is 4.74 Å². The van der Waals surface area contributed by atoms with Crippen molar-refractivity contribution >= 4 is 38.9 Å². The Hall–Kier alpha value is -0.650. The number of benzene rings is 1. The van der Waals surface area contributed by atoms with Gasteiger partial charge in [0, 0.05) is 23.3 Å². The fourth-order valence-corrected chi connectivity index (χ4v) is 3.15. The second-order valence-corrected chi connectivity index (χ2v) is 6.21. The molecule has 19 heavy (non-hydrogen) atoms. The number of nitrogens with one attached hydrogen (secondary N) is 2. The maximum atomic E-state index is 5.56. The van der Waals surface area contributed by atoms with Gasteiger partial charge in [0.2, 0.25) is 0 Å². The summed E-state index contributed by atoms with van der Waals surface area (Å²) < 4.78 is 6.65. The van der Waals surface area contributed by atoms with Crippen LogP contribution in [0.1, 0.15) is 24.0 Å². The van der Waals surface area contributed by atoms with Gasteiger partial charge in [0.1, 0.15) is 0 Å². The molecule has 1 aliphatic rings. The molecule has 1 heterocycles. The summed E-state index contributed by atoms with van der Waals surface area (Å²) in [6.07, 6.45) is 2.57. The Morgan fingerprint density at radius 3 is 2.68 bits per heavy atom. The van der Waals surface area contributed by atoms with Crippen LogP contribution in [0.3, 0.4) is 0 Å². The van der Waals surface area contributed by atoms with Crippen molar-refractivity contribution in [1.82, 2.24) is 5.32 Å². The van der Waals surface area contributed by atoms with Crippen LogP contribution in [0.25, 0.3) is 0 Å². The highest BCUT2D eigenvalue weighted by molar-refractivity contribution is 9.10. The molecule has 0 saturated carbocycles. The molecule has 1 atom stereocenters. The lowest BCUT2D eigenvalue weighted by atomic mass is 10.1. The van der Waals surface area contributed by atoms with Crippen molar-refractivity contribution in [2.45, 2.75) is 32.8 Å². The molecule has 1 saturated heterocycles. The molecular weight excluding hydrogens is 324 g/mol. The number of halogens is 1. The number of rotatable bonds is 3. The minimum atomic E-state index is 0.298. The van der Waals surface area contributed by atoms with Gasteiger partial charge in [-0.25, -0.2) is 0 Å². The van der Waals surface area contributed by atoms with E-state index in [4.69, 9.17) is 17.0 Å². The summed E-state index contributed by atoms with van der Waals surface area (Å²) in [4.78, 5) is 0. The van der Waals surface area contributed by atoms with Crippen molar-refractivity contribution in [3.63, 3.8) is 0 Å². The number of hydrogen-bond acceptors (Lipinski definition) is 2. The minimum Gasteiger partial charge on any atom is -0.376 e. The van der Waals surface area contributed by atoms with E-state index >= 15 is 0 Å². The molecule has 3 nitrogen and oxygen atoms in total. The van der Waals surface area contributed by atoms with E-state index in [9.17, 15) is 0 Å². The summed E-state index contributed by atoms with van der Waals surface area (Å²) in [5.41, 5.74) is 3.43. The van der Waals surface area contributed by atoms with E-state index in [0.717, 1.165) is 36.2 Å². The summed E-state index contributed by atoms with van der Waals surface area (Å²) >= 11 is 8.83. The van der Waals surface area contributed by atoms with E-state index in [1.54, 1.807) is 0 Å². The predicted molar refractivity (Wildman–Crippen MR) is 86.8 cm³/mol. The second-order valence-electron chi connectivity index (χ2n) is 4.88. The smallest absolute Gasteiger partial charge is 0.170 e. The van der Waals surface area contributed by atoms with Crippen molar-refractivity contribution in [2.75, 3.05) is 18.5 Å². The maximum Gasteiger partial charge on any atom is 0.170 e. The molecule has 0 radical (unpaired) electrons. The lowest BCUT2D eigenvalue weighted by Crippen LogP contribution is -2.35. The van der Waals surface area contributed by atoms with Crippen LogP contribution in [0.2, 0.25) is 0 Å². The Bertz CT molecular complexity index is 450. The quantitative estimate of drug-likeness (QED) is 0.823. The Morgan fingerprint density at radius 2 is 2.11 bits per heavy atom. The third-order valence-corrected chi connectivity index (χ3v) is 3.95. The topological polar surface area (TPSA) is 33.3 Å². The van der Waals surface area contributed by atoms with Crippen molar-refractivity contribution in [1.29, 1.82) is 0 Å². The molecule has 5 heteroatoms. The summed E-state index contributed by atoms with van der Waals surface area (Å²) in [7, 11) is 0. The van der Waals surface area contributed by atoms with Gasteiger partial charge in [-0.15, -0.1) is 0 Å². The second kappa shape index (κ2) is 6.68. The highest BCUT2D eigenvalue weighted by Crippen LogP contribution is 2.25. The van der Waals surface area contributed by atoms with Gasteiger partial charge in [-0.05, 0) is 62.2 Å². The predicted octanol–water partition coefficient (Wildman–Crippen LogP) is 3.53. The first-order chi connectivity index (χ1) is 9.06. The van der Waals surface area contributed by atoms with E-state index < -0.39 is 0 Å². The van der Waals surface area contributed by atoms with Crippen molar-refractivity contribution in [3.05, 3.63) is 27.7 Å². The molecule has 1 fully saturated rings. The number of thiocarbonyl (C=S) groups is 1. The normalized spacial score (nSPS) is 18.4. The van der Waals surface area contributed by atoms with Gasteiger partial charge in [0.05, 0.1) is 6.10 Å². The molecule has 2 N–H and O–H groups in total. The fourth-order valence-electron chi connectivity index (χ4n) is 2.28. The lowest BCUT2D eigenvalue weighted by molar-refractivity contribution is 0.114. The largest absolute Gasteiger partial charge is 0.376 e. The number of hydrogen-bond donors (Lipinski definition) is 2. The van der Waals surface area contributed by atoms with Crippen LogP contribution < -0.4 is 10.6 Å². The van der Waals surface area contributed by atoms with Gasteiger partial charge in [-0.1, -0.05) is 15.9 Å². The monoisotopic (exact) mass is 342 g/mol. The summed E-state index contributed by atoms with van der Waals surface area (Å²) in [6, 6.07) is 4.16. The minimum absolute atomic E-state index is 0.298. The standard InChI is InChI=1S/C14H19BrN2OS/c1-9-6-11(15)7-10(2)13(9)17-14(19)16-8-12-4-3-5-18-12/h6-7,12H,3-5,8H2,1-2H3,(H2,16,17,19). The zero-order chi connectivity index (χ0) is 13.8. The molecule has 0 amide bonds. The Kier molecular flexibility index (Phi) is 5.19. The summed E-state index contributed by atoms with van der Waals surface area (Å²) in [5, 5.41) is 7.16. The SMILES string of the molecule is Cc1cc(Br)cc(C)c1NC(=S)NCC1CCCO1. The van der Waals surface area contributed by atoms with Crippen molar-refractivity contribution in [3.8, 4) is 0 Å². The first-order valence-electron chi connectivity index (χ1n) is 6.49. The van der Waals surface area contributed by atoms with Crippen LogP contribution in [0, 0.1) is 13.8 Å². The Balaban J connectivity index is 1.91. The van der Waals surface area contributed by atoms with E-state index in [2.05, 4.69) is 52.5 Å². The molecule has 1 aromatic carbocycles. The molecule has 0 bridgehead atoms. The highest BCUT2D eigenvalue weighted by Gasteiger charge is 2.15. The van der Waals surface area contributed by atoms with Gasteiger partial charge < -0.3 is 15.4 Å². The number of ether oxygens (including phenoxy) is 1. The Labute approximate surface area is 128 Å². The summed E-state index contributed by atoms with van der Waals surface area (Å²) in [5.74, 6) is 0. The van der Waals surface area contributed by atoms with Crippen LogP contribution >= 0.6 is 28.1 Å². The third kappa shape index (κ3) is 4.16. The average molecular weight is 343 g/mol. The number of anilines is 1. The van der Waals surface area contributed by atoms with Crippen LogP contribution in [0.4, 0.5) is 5.69 Å². The molecule has 1 aliphatic heterocycles. The first kappa shape index (κ1) is 14.8. The zero-order valence-corrected chi connectivity index (χ0v) is 13.7. The molecule has 1 unspecified atom stereocenters. The third-order valence-electron chi connectivity index (χ3n) is 3.25. The molecule has 0 aromatic heterocycles. The molecule has 2 rings (SSSR count). The lowest BCUT2D eigenvalue weighted by Gasteiger charge is -2.17. The summed E-state index contributed by atoms with van der Waals surface area (Å²) in [6.45, 7) is 5.80. The highest BCUT2D eigenvalue weighted by atomic mass is 79.9. The van der Waals surface area contributed by atoms with E-state index in [1.807, 2.05) is 0 Å². The van der Waals surface area contributed by atoms with Crippen molar-refractivity contribution < 1.29 is 4.74 Å². The van der Waals surface area contributed by atoms with E-state index in [-0.39, 0.29) is 0 Å². The van der Waals surface area contributed by atoms with Gasteiger partial charge in [-0.3, -0.25) is 0 Å². The van der Waals surface area contributed by atoms with Crippen molar-refractivity contribution in [2.24, 2.45) is 0 Å². The molecule has 0 aliphatic carbocycles. The van der Waals surface area contributed by atoms with Gasteiger partial charge in [0.25, 0.3) is 0 Å². The van der Waals surface area contributed by atoms with E-state index in [1.165, 1.54) is 11.1 Å².